The molecule has 0 aliphatic carbocycles. The van der Waals surface area contributed by atoms with Crippen LogP contribution in [0.5, 0.6) is 0 Å². The second-order valence-electron chi connectivity index (χ2n) is 1.46. The predicted octanol–water partition coefficient (Wildman–Crippen LogP) is 0.380. The summed E-state index contributed by atoms with van der Waals surface area (Å²) in [5.74, 6) is 2.28. The second-order valence-corrected chi connectivity index (χ2v) is 3.26. The van der Waals surface area contributed by atoms with Crippen molar-refractivity contribution in [1.82, 2.24) is 0 Å². The smallest absolute Gasteiger partial charge is 0.394 e. The standard InChI is InChI=1S/C3H6O.CH3.2Al.H/c1-2-3-4;;;;/h1-3H2;1H3;;;/q-1;;;+1;. The maximum atomic E-state index is 4.88. The van der Waals surface area contributed by atoms with E-state index >= 15 is 0 Å². The molecule has 2 radical (unpaired) electrons. The molecule has 7 heavy (non-hydrogen) atoms. The molecule has 0 atom stereocenters. The van der Waals surface area contributed by atoms with Crippen LogP contribution in [0.3, 0.4) is 0 Å². The molecule has 0 aromatic rings. The molecule has 0 saturated carbocycles. The summed E-state index contributed by atoms with van der Waals surface area (Å²) in [6.07, 6.45) is 1.26. The molecule has 0 fully saturated rings. The van der Waals surface area contributed by atoms with Crippen LogP contribution in [0.4, 0.5) is 0 Å². The van der Waals surface area contributed by atoms with Crippen molar-refractivity contribution in [2.24, 2.45) is 0 Å². The highest BCUT2D eigenvalue weighted by atomic mass is 27.1. The molecule has 0 aliphatic rings. The third kappa shape index (κ3) is 7.02. The summed E-state index contributed by atoms with van der Waals surface area (Å²) in [5.41, 5.74) is 0. The SMILES string of the molecule is [CH3][Al][CH2]CC[O][AlH]. The van der Waals surface area contributed by atoms with Crippen molar-refractivity contribution >= 4 is 31.8 Å². The highest BCUT2D eigenvalue weighted by Crippen LogP contribution is 1.85. The fourth-order valence-corrected chi connectivity index (χ4v) is 1.17. The largest absolute Gasteiger partial charge is 0.510 e. The molecular formula is C4H10Al2O. The molecule has 0 saturated heterocycles. The van der Waals surface area contributed by atoms with Gasteiger partial charge in [0.25, 0.3) is 0 Å². The summed E-state index contributed by atoms with van der Waals surface area (Å²) in [4.78, 5) is 0. The highest BCUT2D eigenvalue weighted by molar-refractivity contribution is 6.33. The van der Waals surface area contributed by atoms with E-state index in [4.69, 9.17) is 3.79 Å². The summed E-state index contributed by atoms with van der Waals surface area (Å²) in [6.45, 7) is 0.958. The Morgan fingerprint density at radius 2 is 2.43 bits per heavy atom. The average Bonchev–Trinajstić information content (AvgIpc) is 1.69. The zero-order chi connectivity index (χ0) is 5.54. The first-order chi connectivity index (χ1) is 3.41. The van der Waals surface area contributed by atoms with Gasteiger partial charge in [-0.15, -0.1) is 11.1 Å². The molecule has 0 aromatic carbocycles. The van der Waals surface area contributed by atoms with E-state index in [1.165, 1.54) is 11.7 Å². The van der Waals surface area contributed by atoms with Crippen molar-refractivity contribution in [2.45, 2.75) is 17.5 Å². The molecule has 0 aliphatic heterocycles. The lowest BCUT2D eigenvalue weighted by Crippen LogP contribution is -1.90. The Labute approximate surface area is 59.9 Å². The minimum absolute atomic E-state index is 0.704. The van der Waals surface area contributed by atoms with Crippen molar-refractivity contribution in [3.63, 3.8) is 0 Å². The Morgan fingerprint density at radius 3 is 2.86 bits per heavy atom. The van der Waals surface area contributed by atoms with Gasteiger partial charge in [0.15, 0.2) is 15.2 Å². The monoisotopic (exact) mass is 128 g/mol. The van der Waals surface area contributed by atoms with Gasteiger partial charge in [-0.05, 0) is 6.42 Å². The summed E-state index contributed by atoms with van der Waals surface area (Å²) in [5, 5.41) is 1.39. The Balaban J connectivity index is 2.45. The van der Waals surface area contributed by atoms with Crippen LogP contribution in [0, 0.1) is 0 Å². The Bertz CT molecular complexity index is 28.9. The highest BCUT2D eigenvalue weighted by Gasteiger charge is 1.81. The Kier molecular flexibility index (Phi) is 8.05. The quantitative estimate of drug-likeness (QED) is 0.393. The van der Waals surface area contributed by atoms with Crippen LogP contribution in [-0.2, 0) is 3.79 Å². The van der Waals surface area contributed by atoms with E-state index in [9.17, 15) is 0 Å². The molecule has 0 heterocycles. The Morgan fingerprint density at radius 1 is 1.71 bits per heavy atom. The molecule has 3 heteroatoms. The van der Waals surface area contributed by atoms with E-state index in [1.54, 1.807) is 16.6 Å². The number of hydrogen-bond donors (Lipinski definition) is 0. The summed E-state index contributed by atoms with van der Waals surface area (Å²) in [7, 11) is 0. The Hall–Kier alpha value is 1.02. The van der Waals surface area contributed by atoms with Gasteiger partial charge in [0.1, 0.15) is 0 Å². The summed E-state index contributed by atoms with van der Waals surface area (Å²) < 4.78 is 4.88. The van der Waals surface area contributed by atoms with Gasteiger partial charge in [-0.3, -0.25) is 0 Å². The molecule has 38 valence electrons. The molecule has 0 spiro atoms. The molecule has 1 nitrogen and oxygen atoms in total. The molecule has 0 rings (SSSR count). The molecular weight excluding hydrogens is 118 g/mol. The van der Waals surface area contributed by atoms with Crippen LogP contribution < -0.4 is 0 Å². The minimum atomic E-state index is 0.704. The fourth-order valence-electron chi connectivity index (χ4n) is 0.390. The van der Waals surface area contributed by atoms with E-state index in [1.807, 2.05) is 0 Å². The van der Waals surface area contributed by atoms with Crippen molar-refractivity contribution in [1.29, 1.82) is 0 Å². The van der Waals surface area contributed by atoms with E-state index in [2.05, 4.69) is 5.79 Å². The lowest BCUT2D eigenvalue weighted by atomic mass is 10.5. The normalized spacial score (nSPS) is 8.71. The first kappa shape index (κ1) is 8.02. The molecule has 0 N–H and O–H groups in total. The van der Waals surface area contributed by atoms with Gasteiger partial charge in [-0.25, -0.2) is 0 Å². The van der Waals surface area contributed by atoms with Crippen LogP contribution in [0.25, 0.3) is 0 Å². The zero-order valence-corrected chi connectivity index (χ0v) is 7.38. The first-order valence-corrected chi connectivity index (χ1v) is 5.11. The maximum absolute atomic E-state index is 4.88. The van der Waals surface area contributed by atoms with Crippen molar-refractivity contribution in [3.05, 3.63) is 0 Å². The third-order valence-electron chi connectivity index (χ3n) is 0.781. The maximum Gasteiger partial charge on any atom is 0.394 e. The van der Waals surface area contributed by atoms with Gasteiger partial charge in [0, 0.05) is 6.61 Å². The van der Waals surface area contributed by atoms with Crippen molar-refractivity contribution in [3.8, 4) is 0 Å². The van der Waals surface area contributed by atoms with E-state index in [0.717, 1.165) is 6.61 Å². The molecule has 0 bridgehead atoms. The van der Waals surface area contributed by atoms with Crippen molar-refractivity contribution < 1.29 is 3.79 Å². The topological polar surface area (TPSA) is 9.23 Å². The molecule has 0 unspecified atom stereocenters. The summed E-state index contributed by atoms with van der Waals surface area (Å²) >= 11 is 2.29. The van der Waals surface area contributed by atoms with Gasteiger partial charge in [-0.2, -0.15) is 0 Å². The molecule has 0 amide bonds. The van der Waals surface area contributed by atoms with Crippen LogP contribution in [-0.4, -0.2) is 38.5 Å². The predicted molar refractivity (Wildman–Crippen MR) is 34.1 cm³/mol. The van der Waals surface area contributed by atoms with Crippen LogP contribution >= 0.6 is 0 Å². The number of rotatable bonds is 4. The van der Waals surface area contributed by atoms with E-state index < -0.39 is 0 Å². The minimum Gasteiger partial charge on any atom is -0.510 e. The third-order valence-corrected chi connectivity index (χ3v) is 2.06. The van der Waals surface area contributed by atoms with Crippen LogP contribution in [0.2, 0.25) is 11.1 Å². The van der Waals surface area contributed by atoms with E-state index in [0.29, 0.717) is 15.2 Å². The zero-order valence-electron chi connectivity index (χ0n) is 4.81. The average molecular weight is 128 g/mol. The van der Waals surface area contributed by atoms with Crippen LogP contribution in [0.15, 0.2) is 0 Å². The first-order valence-electron chi connectivity index (χ1n) is 2.56. The second kappa shape index (κ2) is 7.02. The van der Waals surface area contributed by atoms with Gasteiger partial charge >= 0.3 is 16.6 Å². The fraction of sp³-hybridized carbons (Fsp3) is 1.00. The number of hydrogen-bond acceptors (Lipinski definition) is 1. The summed E-state index contributed by atoms with van der Waals surface area (Å²) in [6, 6.07) is 0. The van der Waals surface area contributed by atoms with E-state index in [-0.39, 0.29) is 0 Å². The molecule has 0 aromatic heterocycles. The lowest BCUT2D eigenvalue weighted by Gasteiger charge is -1.94. The van der Waals surface area contributed by atoms with Crippen LogP contribution in [0.1, 0.15) is 6.42 Å². The van der Waals surface area contributed by atoms with Gasteiger partial charge in [0.05, 0.1) is 0 Å². The van der Waals surface area contributed by atoms with Gasteiger partial charge < -0.3 is 3.79 Å². The van der Waals surface area contributed by atoms with Gasteiger partial charge in [-0.1, -0.05) is 0 Å². The van der Waals surface area contributed by atoms with Gasteiger partial charge in [0.2, 0.25) is 0 Å². The lowest BCUT2D eigenvalue weighted by molar-refractivity contribution is 0.349. The van der Waals surface area contributed by atoms with Crippen molar-refractivity contribution in [2.75, 3.05) is 6.61 Å².